The van der Waals surface area contributed by atoms with E-state index in [0.29, 0.717) is 31.0 Å². The molecule has 1 rings (SSSR count). The zero-order chi connectivity index (χ0) is 14.3. The van der Waals surface area contributed by atoms with Crippen molar-refractivity contribution in [3.8, 4) is 0 Å². The highest BCUT2D eigenvalue weighted by Gasteiger charge is 2.06. The molecule has 104 valence electrons. The van der Waals surface area contributed by atoms with Crippen LogP contribution in [0.5, 0.6) is 0 Å². The minimum absolute atomic E-state index is 0.164. The number of benzene rings is 1. The van der Waals surface area contributed by atoms with Gasteiger partial charge in [0.15, 0.2) is 0 Å². The molecular formula is C14H20N2O2S. The van der Waals surface area contributed by atoms with Crippen molar-refractivity contribution in [2.75, 3.05) is 18.5 Å². The van der Waals surface area contributed by atoms with Crippen LogP contribution in [-0.2, 0) is 9.53 Å². The monoisotopic (exact) mass is 280 g/mol. The molecule has 0 amide bonds. The molecule has 0 unspecified atom stereocenters. The number of esters is 1. The number of carbonyl (C=O) groups excluding carboxylic acids is 1. The summed E-state index contributed by atoms with van der Waals surface area (Å²) in [6.45, 7) is 4.91. The van der Waals surface area contributed by atoms with Crippen LogP contribution in [0.25, 0.3) is 0 Å². The first-order valence-corrected chi connectivity index (χ1v) is 6.75. The average Bonchev–Trinajstić information content (AvgIpc) is 2.34. The molecule has 0 fully saturated rings. The molecule has 1 aromatic rings. The van der Waals surface area contributed by atoms with E-state index < -0.39 is 0 Å². The Morgan fingerprint density at radius 3 is 2.84 bits per heavy atom. The van der Waals surface area contributed by atoms with Crippen molar-refractivity contribution < 1.29 is 9.53 Å². The third kappa shape index (κ3) is 5.26. The summed E-state index contributed by atoms with van der Waals surface area (Å²) in [6, 6.07) is 5.88. The number of anilines is 1. The lowest BCUT2D eigenvalue weighted by atomic mass is 10.1. The Morgan fingerprint density at radius 1 is 1.47 bits per heavy atom. The van der Waals surface area contributed by atoms with Gasteiger partial charge in [-0.2, -0.15) is 0 Å². The maximum atomic E-state index is 11.2. The van der Waals surface area contributed by atoms with Crippen LogP contribution >= 0.6 is 12.2 Å². The van der Waals surface area contributed by atoms with Gasteiger partial charge in [0.1, 0.15) is 4.99 Å². The van der Waals surface area contributed by atoms with E-state index in [1.807, 2.05) is 25.1 Å². The summed E-state index contributed by atoms with van der Waals surface area (Å²) in [7, 11) is 0. The number of nitrogens with one attached hydrogen (secondary N) is 1. The molecule has 0 aliphatic carbocycles. The Balaban J connectivity index is 2.51. The number of aryl methyl sites for hydroxylation is 1. The number of hydrogen-bond acceptors (Lipinski definition) is 4. The van der Waals surface area contributed by atoms with E-state index >= 15 is 0 Å². The lowest BCUT2D eigenvalue weighted by Gasteiger charge is -2.12. The highest BCUT2D eigenvalue weighted by molar-refractivity contribution is 7.80. The Labute approximate surface area is 119 Å². The molecule has 0 aliphatic heterocycles. The lowest BCUT2D eigenvalue weighted by Crippen LogP contribution is -2.14. The Morgan fingerprint density at radius 2 is 2.21 bits per heavy atom. The fraction of sp³-hybridized carbons (Fsp3) is 0.429. The smallest absolute Gasteiger partial charge is 0.305 e. The summed E-state index contributed by atoms with van der Waals surface area (Å²) in [5.41, 5.74) is 8.55. The summed E-state index contributed by atoms with van der Waals surface area (Å²) in [6.07, 6.45) is 1.12. The zero-order valence-electron chi connectivity index (χ0n) is 11.4. The van der Waals surface area contributed by atoms with Gasteiger partial charge in [-0.05, 0) is 38.0 Å². The van der Waals surface area contributed by atoms with Crippen LogP contribution in [0.4, 0.5) is 5.69 Å². The van der Waals surface area contributed by atoms with Crippen molar-refractivity contribution in [1.29, 1.82) is 0 Å². The highest BCUT2D eigenvalue weighted by Crippen LogP contribution is 2.17. The van der Waals surface area contributed by atoms with Crippen LogP contribution in [0.1, 0.15) is 30.9 Å². The molecule has 0 spiro atoms. The predicted octanol–water partition coefficient (Wildman–Crippen LogP) is 2.38. The second-order valence-electron chi connectivity index (χ2n) is 4.25. The van der Waals surface area contributed by atoms with E-state index in [2.05, 4.69) is 5.32 Å². The van der Waals surface area contributed by atoms with Crippen molar-refractivity contribution in [2.45, 2.75) is 26.7 Å². The van der Waals surface area contributed by atoms with Gasteiger partial charge in [-0.3, -0.25) is 4.79 Å². The van der Waals surface area contributed by atoms with Crippen molar-refractivity contribution in [3.63, 3.8) is 0 Å². The first-order valence-electron chi connectivity index (χ1n) is 6.34. The molecule has 0 atom stereocenters. The summed E-state index contributed by atoms with van der Waals surface area (Å²) in [4.78, 5) is 11.6. The summed E-state index contributed by atoms with van der Waals surface area (Å²) in [5, 5.41) is 3.26. The molecule has 1 aromatic carbocycles. The topological polar surface area (TPSA) is 64.3 Å². The van der Waals surface area contributed by atoms with Crippen molar-refractivity contribution in [3.05, 3.63) is 29.3 Å². The minimum Gasteiger partial charge on any atom is -0.466 e. The maximum Gasteiger partial charge on any atom is 0.305 e. The fourth-order valence-electron chi connectivity index (χ4n) is 1.71. The van der Waals surface area contributed by atoms with Gasteiger partial charge in [0, 0.05) is 24.2 Å². The number of rotatable bonds is 7. The molecule has 4 nitrogen and oxygen atoms in total. The van der Waals surface area contributed by atoms with Crippen molar-refractivity contribution in [2.24, 2.45) is 5.73 Å². The third-order valence-electron chi connectivity index (χ3n) is 2.62. The second-order valence-corrected chi connectivity index (χ2v) is 4.69. The predicted molar refractivity (Wildman–Crippen MR) is 81.4 cm³/mol. The first-order chi connectivity index (χ1) is 9.04. The Kier molecular flexibility index (Phi) is 6.29. The molecular weight excluding hydrogens is 260 g/mol. The molecule has 0 saturated heterocycles. The van der Waals surface area contributed by atoms with E-state index in [4.69, 9.17) is 22.7 Å². The number of thiocarbonyl (C=S) groups is 1. The molecule has 3 N–H and O–H groups in total. The van der Waals surface area contributed by atoms with Crippen LogP contribution < -0.4 is 11.1 Å². The van der Waals surface area contributed by atoms with Crippen LogP contribution in [0.15, 0.2) is 18.2 Å². The molecule has 0 aliphatic rings. The SMILES string of the molecule is CCOC(=O)CCCNc1cc(C)ccc1C(N)=S. The van der Waals surface area contributed by atoms with Crippen molar-refractivity contribution in [1.82, 2.24) is 0 Å². The fourth-order valence-corrected chi connectivity index (χ4v) is 1.89. The molecule has 5 heteroatoms. The van der Waals surface area contributed by atoms with Gasteiger partial charge < -0.3 is 15.8 Å². The van der Waals surface area contributed by atoms with Crippen LogP contribution in [0.2, 0.25) is 0 Å². The molecule has 0 bridgehead atoms. The van der Waals surface area contributed by atoms with Crippen molar-refractivity contribution >= 4 is 28.9 Å². The van der Waals surface area contributed by atoms with Gasteiger partial charge in [0.25, 0.3) is 0 Å². The van der Waals surface area contributed by atoms with E-state index in [0.717, 1.165) is 16.8 Å². The van der Waals surface area contributed by atoms with Gasteiger partial charge in [-0.25, -0.2) is 0 Å². The van der Waals surface area contributed by atoms with Gasteiger partial charge in [0.2, 0.25) is 0 Å². The van der Waals surface area contributed by atoms with Crippen LogP contribution in [0, 0.1) is 6.92 Å². The molecule has 0 saturated carbocycles. The van der Waals surface area contributed by atoms with E-state index in [1.165, 1.54) is 0 Å². The standard InChI is InChI=1S/C14H20N2O2S/c1-3-18-13(17)5-4-8-16-12-9-10(2)6-7-11(12)14(15)19/h6-7,9,16H,3-5,8H2,1-2H3,(H2,15,19). The number of carbonyl (C=O) groups is 1. The van der Waals surface area contributed by atoms with E-state index in [1.54, 1.807) is 6.92 Å². The maximum absolute atomic E-state index is 11.2. The number of hydrogen-bond donors (Lipinski definition) is 2. The van der Waals surface area contributed by atoms with Crippen LogP contribution in [-0.4, -0.2) is 24.1 Å². The Bertz CT molecular complexity index is 461. The minimum atomic E-state index is -0.164. The van der Waals surface area contributed by atoms with Gasteiger partial charge in [-0.1, -0.05) is 18.3 Å². The largest absolute Gasteiger partial charge is 0.466 e. The number of ether oxygens (including phenoxy) is 1. The summed E-state index contributed by atoms with van der Waals surface area (Å²) in [5.74, 6) is -0.164. The average molecular weight is 280 g/mol. The molecule has 19 heavy (non-hydrogen) atoms. The van der Waals surface area contributed by atoms with Gasteiger partial charge in [-0.15, -0.1) is 0 Å². The first kappa shape index (κ1) is 15.4. The normalized spacial score (nSPS) is 10.0. The van der Waals surface area contributed by atoms with Crippen LogP contribution in [0.3, 0.4) is 0 Å². The Hall–Kier alpha value is -1.62. The highest BCUT2D eigenvalue weighted by atomic mass is 32.1. The van der Waals surface area contributed by atoms with E-state index in [-0.39, 0.29) is 5.97 Å². The van der Waals surface area contributed by atoms with Gasteiger partial charge >= 0.3 is 5.97 Å². The molecule has 0 heterocycles. The third-order valence-corrected chi connectivity index (χ3v) is 2.84. The summed E-state index contributed by atoms with van der Waals surface area (Å²) >= 11 is 5.01. The van der Waals surface area contributed by atoms with E-state index in [9.17, 15) is 4.79 Å². The second kappa shape index (κ2) is 7.74. The quantitative estimate of drug-likeness (QED) is 0.456. The lowest BCUT2D eigenvalue weighted by molar-refractivity contribution is -0.143. The molecule has 0 aromatic heterocycles. The molecule has 0 radical (unpaired) electrons. The van der Waals surface area contributed by atoms with Gasteiger partial charge in [0.05, 0.1) is 6.61 Å². The number of nitrogens with two attached hydrogens (primary N) is 1. The zero-order valence-corrected chi connectivity index (χ0v) is 12.2. The summed E-state index contributed by atoms with van der Waals surface area (Å²) < 4.78 is 4.87.